The Morgan fingerprint density at radius 1 is 0.547 bits per heavy atom. The van der Waals surface area contributed by atoms with Gasteiger partial charge >= 0.3 is 0 Å². The Bertz CT molecular complexity index is 1680. The van der Waals surface area contributed by atoms with E-state index >= 15 is 0 Å². The number of rotatable bonds is 0. The number of ether oxygens (including phenoxy) is 1. The Balaban J connectivity index is 0.000000136. The number of anilines is 4. The first-order valence-electron chi connectivity index (χ1n) is 19.1. The summed E-state index contributed by atoms with van der Waals surface area (Å²) in [6.45, 7) is 30.3. The molecule has 53 heavy (non-hydrogen) atoms. The molecule has 9 heteroatoms. The zero-order valence-corrected chi connectivity index (χ0v) is 34.3. The molecule has 0 spiro atoms. The minimum absolute atomic E-state index is 0.0656. The van der Waals surface area contributed by atoms with E-state index < -0.39 is 0 Å². The van der Waals surface area contributed by atoms with Crippen molar-refractivity contribution in [2.24, 2.45) is 0 Å². The van der Waals surface area contributed by atoms with Gasteiger partial charge in [-0.3, -0.25) is 4.98 Å². The third-order valence-corrected chi connectivity index (χ3v) is 10.0. The van der Waals surface area contributed by atoms with Crippen molar-refractivity contribution in [3.05, 3.63) is 95.8 Å². The van der Waals surface area contributed by atoms with Gasteiger partial charge in [0.2, 0.25) is 0 Å². The van der Waals surface area contributed by atoms with Crippen LogP contribution < -0.4 is 24.3 Å². The molecule has 0 radical (unpaired) electrons. The molecular weight excluding hydrogens is 662 g/mol. The van der Waals surface area contributed by atoms with Gasteiger partial charge in [-0.2, -0.15) is 0 Å². The lowest BCUT2D eigenvalue weighted by molar-refractivity contribution is 0.316. The van der Waals surface area contributed by atoms with Crippen LogP contribution in [0.15, 0.2) is 73.3 Å². The van der Waals surface area contributed by atoms with Crippen molar-refractivity contribution in [1.29, 1.82) is 0 Å². The summed E-state index contributed by atoms with van der Waals surface area (Å²) in [6, 6.07) is 16.5. The molecule has 1 aromatic carbocycles. The van der Waals surface area contributed by atoms with Crippen LogP contribution >= 0.6 is 0 Å². The maximum absolute atomic E-state index is 12.9. The van der Waals surface area contributed by atoms with Crippen LogP contribution in [0.4, 0.5) is 27.4 Å². The number of para-hydroxylation sites is 1. The average Bonchev–Trinajstić information content (AvgIpc) is 3.88. The Morgan fingerprint density at radius 3 is 1.74 bits per heavy atom. The number of halogens is 1. The van der Waals surface area contributed by atoms with Gasteiger partial charge in [-0.05, 0) is 143 Å². The number of benzene rings is 1. The van der Waals surface area contributed by atoms with E-state index in [4.69, 9.17) is 4.74 Å². The highest BCUT2D eigenvalue weighted by Crippen LogP contribution is 2.37. The summed E-state index contributed by atoms with van der Waals surface area (Å²) in [7, 11) is 0. The second kappa shape index (κ2) is 15.5. The Labute approximate surface area is 318 Å². The number of aromatic nitrogens is 3. The standard InChI is InChI=1S/C12H17N.C11H15FN2.C11H16N2.C10H14N2O/c1-12(2,3)13-9-8-10-6-4-5-7-11(10)13;1-11(2,3)14-5-4-8-6-9(12)7-13-10(8)14;1-11(2,3)13-8-6-9-5-4-7-12-10(9)13;1-10(2,3)12-7-13-9-6-11-5-4-8(9)12/h4-7H,8-9H2,1-3H3;6-7H,4-5H2,1-3H3;4-5,7H,6,8H2,1-3H3;4-6H,7H2,1-3H3. The van der Waals surface area contributed by atoms with Crippen molar-refractivity contribution in [2.45, 2.75) is 125 Å². The SMILES string of the molecule is CC(C)(C)N1CCc2cc(F)cnc21.CC(C)(C)N1CCc2ccccc21.CC(C)(C)N1CCc2cccnc21.CC(C)(C)N1COc2cnccc21. The number of nitrogens with zero attached hydrogens (tertiary/aromatic N) is 7. The number of hydrogen-bond acceptors (Lipinski definition) is 8. The van der Waals surface area contributed by atoms with Crippen LogP contribution in [0.3, 0.4) is 0 Å². The quantitative estimate of drug-likeness (QED) is 0.178. The van der Waals surface area contributed by atoms with Gasteiger partial charge in [0.15, 0.2) is 12.5 Å². The zero-order valence-electron chi connectivity index (χ0n) is 34.3. The molecule has 0 fully saturated rings. The fourth-order valence-electron chi connectivity index (χ4n) is 7.25. The van der Waals surface area contributed by atoms with Gasteiger partial charge in [-0.1, -0.05) is 24.3 Å². The second-order valence-electron chi connectivity index (χ2n) is 18.2. The van der Waals surface area contributed by atoms with E-state index in [2.05, 4.69) is 148 Å². The normalized spacial score (nSPS) is 15.9. The van der Waals surface area contributed by atoms with Crippen molar-refractivity contribution >= 4 is 23.0 Å². The van der Waals surface area contributed by atoms with Crippen LogP contribution in [-0.4, -0.2) is 63.5 Å². The number of pyridine rings is 3. The predicted molar refractivity (Wildman–Crippen MR) is 219 cm³/mol. The van der Waals surface area contributed by atoms with Gasteiger partial charge in [-0.25, -0.2) is 14.4 Å². The predicted octanol–water partition coefficient (Wildman–Crippen LogP) is 9.51. The third-order valence-electron chi connectivity index (χ3n) is 10.0. The number of hydrogen-bond donors (Lipinski definition) is 0. The van der Waals surface area contributed by atoms with E-state index in [0.29, 0.717) is 6.73 Å². The summed E-state index contributed by atoms with van der Waals surface area (Å²) in [5.41, 5.74) is 7.10. The summed E-state index contributed by atoms with van der Waals surface area (Å²) >= 11 is 0. The van der Waals surface area contributed by atoms with E-state index in [1.807, 2.05) is 18.3 Å². The highest BCUT2D eigenvalue weighted by molar-refractivity contribution is 5.61. The van der Waals surface area contributed by atoms with E-state index in [1.165, 1.54) is 41.8 Å². The van der Waals surface area contributed by atoms with E-state index in [1.54, 1.807) is 18.5 Å². The first kappa shape index (κ1) is 39.8. The van der Waals surface area contributed by atoms with E-state index in [0.717, 1.165) is 48.7 Å². The summed E-state index contributed by atoms with van der Waals surface area (Å²) in [5, 5.41) is 0. The zero-order chi connectivity index (χ0) is 38.8. The maximum atomic E-state index is 12.9. The van der Waals surface area contributed by atoms with Gasteiger partial charge in [-0.15, -0.1) is 0 Å². The smallest absolute Gasteiger partial charge is 0.163 e. The second-order valence-corrected chi connectivity index (χ2v) is 18.2. The lowest BCUT2D eigenvalue weighted by Crippen LogP contribution is -2.40. The molecule has 0 amide bonds. The number of fused-ring (bicyclic) bond motifs is 4. The molecule has 8 rings (SSSR count). The van der Waals surface area contributed by atoms with Crippen LogP contribution in [0.25, 0.3) is 0 Å². The Hall–Kier alpha value is -4.40. The summed E-state index contributed by atoms with van der Waals surface area (Å²) in [6.07, 6.45) is 9.98. The molecule has 0 N–H and O–H groups in total. The molecule has 0 bridgehead atoms. The topological polar surface area (TPSA) is 60.9 Å². The highest BCUT2D eigenvalue weighted by atomic mass is 19.1. The summed E-state index contributed by atoms with van der Waals surface area (Å²) < 4.78 is 18.4. The summed E-state index contributed by atoms with van der Waals surface area (Å²) in [5.74, 6) is 2.77. The average molecular weight is 724 g/mol. The summed E-state index contributed by atoms with van der Waals surface area (Å²) in [4.78, 5) is 21.9. The van der Waals surface area contributed by atoms with Crippen molar-refractivity contribution in [3.63, 3.8) is 0 Å². The Kier molecular flexibility index (Phi) is 11.7. The minimum atomic E-state index is -0.237. The lowest BCUT2D eigenvalue weighted by Gasteiger charge is -2.34. The fourth-order valence-corrected chi connectivity index (χ4v) is 7.25. The maximum Gasteiger partial charge on any atom is 0.163 e. The van der Waals surface area contributed by atoms with Crippen molar-refractivity contribution in [2.75, 3.05) is 46.0 Å². The molecule has 4 aliphatic rings. The third kappa shape index (κ3) is 9.59. The Morgan fingerprint density at radius 2 is 1.09 bits per heavy atom. The molecule has 7 heterocycles. The van der Waals surface area contributed by atoms with Crippen molar-refractivity contribution in [1.82, 2.24) is 15.0 Å². The molecule has 286 valence electrons. The van der Waals surface area contributed by atoms with Gasteiger partial charge in [0.1, 0.15) is 17.5 Å². The molecule has 0 atom stereocenters. The van der Waals surface area contributed by atoms with Crippen LogP contribution in [0.5, 0.6) is 5.75 Å². The van der Waals surface area contributed by atoms with E-state index in [-0.39, 0.29) is 28.0 Å². The van der Waals surface area contributed by atoms with Gasteiger partial charge in [0, 0.05) is 59.9 Å². The molecule has 0 unspecified atom stereocenters. The van der Waals surface area contributed by atoms with Crippen LogP contribution in [-0.2, 0) is 19.3 Å². The van der Waals surface area contributed by atoms with Crippen LogP contribution in [0, 0.1) is 5.82 Å². The molecule has 8 nitrogen and oxygen atoms in total. The van der Waals surface area contributed by atoms with Crippen molar-refractivity contribution < 1.29 is 9.13 Å². The molecule has 0 saturated heterocycles. The highest BCUT2D eigenvalue weighted by Gasteiger charge is 2.32. The van der Waals surface area contributed by atoms with E-state index in [9.17, 15) is 4.39 Å². The van der Waals surface area contributed by atoms with Gasteiger partial charge < -0.3 is 24.3 Å². The molecule has 0 aliphatic carbocycles. The molecule has 3 aromatic heterocycles. The van der Waals surface area contributed by atoms with Crippen molar-refractivity contribution in [3.8, 4) is 5.75 Å². The van der Waals surface area contributed by atoms with Crippen LogP contribution in [0.2, 0.25) is 0 Å². The molecule has 4 aromatic rings. The molecule has 0 saturated carbocycles. The first-order chi connectivity index (χ1) is 24.7. The lowest BCUT2D eigenvalue weighted by atomic mass is 10.1. The minimum Gasteiger partial charge on any atom is -0.469 e. The van der Waals surface area contributed by atoms with Gasteiger partial charge in [0.05, 0.1) is 18.1 Å². The van der Waals surface area contributed by atoms with Crippen LogP contribution in [0.1, 0.15) is 99.8 Å². The molecular formula is C44H62FN7O. The largest absolute Gasteiger partial charge is 0.469 e. The first-order valence-corrected chi connectivity index (χ1v) is 19.1. The molecule has 4 aliphatic heterocycles. The monoisotopic (exact) mass is 723 g/mol. The fraction of sp³-hybridized carbons (Fsp3) is 0.523. The van der Waals surface area contributed by atoms with Gasteiger partial charge in [0.25, 0.3) is 0 Å².